The minimum atomic E-state index is 0.169. The Bertz CT molecular complexity index is 410. The molecular formula is C14H23N3O. The standard InChI is InChI=1S/C14H23N3O/c1-4-8-17(9-5-2)13-10-11(3)6-7-12(13)14(15)16-18/h6-7,10,18H,4-5,8-9H2,1-3H3,(H2,15,16). The molecule has 0 aliphatic rings. The molecule has 3 N–H and O–H groups in total. The van der Waals surface area contributed by atoms with E-state index in [0.29, 0.717) is 0 Å². The number of nitrogens with zero attached hydrogens (tertiary/aromatic N) is 2. The Kier molecular flexibility index (Phi) is 5.49. The largest absolute Gasteiger partial charge is 0.409 e. The van der Waals surface area contributed by atoms with E-state index < -0.39 is 0 Å². The fourth-order valence-electron chi connectivity index (χ4n) is 2.07. The molecule has 0 bridgehead atoms. The van der Waals surface area contributed by atoms with Crippen molar-refractivity contribution in [2.24, 2.45) is 10.9 Å². The summed E-state index contributed by atoms with van der Waals surface area (Å²) < 4.78 is 0. The van der Waals surface area contributed by atoms with Crippen molar-refractivity contribution in [3.05, 3.63) is 29.3 Å². The molecule has 1 aromatic carbocycles. The van der Waals surface area contributed by atoms with Crippen molar-refractivity contribution in [2.75, 3.05) is 18.0 Å². The number of anilines is 1. The lowest BCUT2D eigenvalue weighted by Crippen LogP contribution is -2.28. The highest BCUT2D eigenvalue weighted by molar-refractivity contribution is 6.02. The second-order valence-electron chi connectivity index (χ2n) is 4.49. The van der Waals surface area contributed by atoms with E-state index in [1.54, 1.807) is 0 Å². The maximum absolute atomic E-state index is 8.87. The van der Waals surface area contributed by atoms with Crippen molar-refractivity contribution < 1.29 is 5.21 Å². The predicted octanol–water partition coefficient (Wildman–Crippen LogP) is 2.72. The Morgan fingerprint density at radius 1 is 1.28 bits per heavy atom. The molecule has 0 saturated heterocycles. The molecular weight excluding hydrogens is 226 g/mol. The van der Waals surface area contributed by atoms with E-state index in [-0.39, 0.29) is 5.84 Å². The summed E-state index contributed by atoms with van der Waals surface area (Å²) in [6.07, 6.45) is 2.15. The van der Waals surface area contributed by atoms with Crippen molar-refractivity contribution in [3.63, 3.8) is 0 Å². The number of nitrogens with two attached hydrogens (primary N) is 1. The Morgan fingerprint density at radius 3 is 2.39 bits per heavy atom. The van der Waals surface area contributed by atoms with Gasteiger partial charge >= 0.3 is 0 Å². The first-order chi connectivity index (χ1) is 8.63. The van der Waals surface area contributed by atoms with Gasteiger partial charge in [-0.3, -0.25) is 0 Å². The van der Waals surface area contributed by atoms with Crippen LogP contribution in [0.2, 0.25) is 0 Å². The molecule has 0 saturated carbocycles. The zero-order valence-electron chi connectivity index (χ0n) is 11.5. The van der Waals surface area contributed by atoms with E-state index in [9.17, 15) is 0 Å². The summed E-state index contributed by atoms with van der Waals surface area (Å²) in [5.41, 5.74) is 8.77. The van der Waals surface area contributed by atoms with Crippen LogP contribution in [0.1, 0.15) is 37.8 Å². The van der Waals surface area contributed by atoms with Crippen LogP contribution in [0.15, 0.2) is 23.4 Å². The SMILES string of the molecule is CCCN(CCC)c1cc(C)ccc1C(N)=NO. The van der Waals surface area contributed by atoms with Crippen LogP contribution in [0.4, 0.5) is 5.69 Å². The second kappa shape index (κ2) is 6.89. The Balaban J connectivity index is 3.20. The third-order valence-corrected chi connectivity index (χ3v) is 2.86. The summed E-state index contributed by atoms with van der Waals surface area (Å²) >= 11 is 0. The molecule has 0 spiro atoms. The van der Waals surface area contributed by atoms with E-state index in [1.807, 2.05) is 12.1 Å². The van der Waals surface area contributed by atoms with Gasteiger partial charge in [0.2, 0.25) is 0 Å². The number of amidine groups is 1. The van der Waals surface area contributed by atoms with Gasteiger partial charge in [-0.15, -0.1) is 0 Å². The molecule has 0 heterocycles. The highest BCUT2D eigenvalue weighted by Crippen LogP contribution is 2.23. The predicted molar refractivity (Wildman–Crippen MR) is 76.5 cm³/mol. The molecule has 0 unspecified atom stereocenters. The lowest BCUT2D eigenvalue weighted by Gasteiger charge is -2.26. The zero-order valence-corrected chi connectivity index (χ0v) is 11.5. The summed E-state index contributed by atoms with van der Waals surface area (Å²) in [6.45, 7) is 8.31. The molecule has 0 radical (unpaired) electrons. The Hall–Kier alpha value is -1.71. The smallest absolute Gasteiger partial charge is 0.172 e. The normalized spacial score (nSPS) is 11.6. The van der Waals surface area contributed by atoms with Gasteiger partial charge in [0.15, 0.2) is 5.84 Å². The summed E-state index contributed by atoms with van der Waals surface area (Å²) in [5.74, 6) is 0.169. The van der Waals surface area contributed by atoms with Crippen LogP contribution in [0.3, 0.4) is 0 Å². The zero-order chi connectivity index (χ0) is 13.5. The van der Waals surface area contributed by atoms with Gasteiger partial charge < -0.3 is 15.8 Å². The van der Waals surface area contributed by atoms with Gasteiger partial charge in [-0.1, -0.05) is 25.1 Å². The first-order valence-corrected chi connectivity index (χ1v) is 6.47. The van der Waals surface area contributed by atoms with Gasteiger partial charge in [-0.25, -0.2) is 0 Å². The van der Waals surface area contributed by atoms with Gasteiger partial charge in [0.25, 0.3) is 0 Å². The number of oxime groups is 1. The van der Waals surface area contributed by atoms with Crippen LogP contribution in [0.5, 0.6) is 0 Å². The molecule has 0 aliphatic heterocycles. The summed E-state index contributed by atoms with van der Waals surface area (Å²) in [5, 5.41) is 12.0. The summed E-state index contributed by atoms with van der Waals surface area (Å²) in [7, 11) is 0. The molecule has 0 fully saturated rings. The number of rotatable bonds is 6. The number of hydrogen-bond donors (Lipinski definition) is 2. The quantitative estimate of drug-likeness (QED) is 0.353. The molecule has 4 heteroatoms. The van der Waals surface area contributed by atoms with Crippen LogP contribution in [0.25, 0.3) is 0 Å². The molecule has 0 aliphatic carbocycles. The first kappa shape index (κ1) is 14.4. The van der Waals surface area contributed by atoms with E-state index >= 15 is 0 Å². The lowest BCUT2D eigenvalue weighted by atomic mass is 10.1. The lowest BCUT2D eigenvalue weighted by molar-refractivity contribution is 0.318. The van der Waals surface area contributed by atoms with Gasteiger partial charge in [0.05, 0.1) is 0 Å². The van der Waals surface area contributed by atoms with E-state index in [4.69, 9.17) is 10.9 Å². The van der Waals surface area contributed by atoms with Gasteiger partial charge in [-0.05, 0) is 37.5 Å². The molecule has 1 aromatic rings. The minimum Gasteiger partial charge on any atom is -0.409 e. The van der Waals surface area contributed by atoms with Gasteiger partial charge in [0.1, 0.15) is 0 Å². The second-order valence-corrected chi connectivity index (χ2v) is 4.49. The van der Waals surface area contributed by atoms with Gasteiger partial charge in [0, 0.05) is 24.3 Å². The maximum Gasteiger partial charge on any atom is 0.172 e. The molecule has 4 nitrogen and oxygen atoms in total. The van der Waals surface area contributed by atoms with Crippen LogP contribution >= 0.6 is 0 Å². The number of hydrogen-bond acceptors (Lipinski definition) is 3. The third kappa shape index (κ3) is 3.39. The van der Waals surface area contributed by atoms with E-state index in [1.165, 1.54) is 5.56 Å². The van der Waals surface area contributed by atoms with Crippen molar-refractivity contribution in [2.45, 2.75) is 33.6 Å². The highest BCUT2D eigenvalue weighted by Gasteiger charge is 2.13. The van der Waals surface area contributed by atoms with Gasteiger partial charge in [-0.2, -0.15) is 0 Å². The average Bonchev–Trinajstić information content (AvgIpc) is 2.37. The van der Waals surface area contributed by atoms with E-state index in [0.717, 1.165) is 37.2 Å². The average molecular weight is 249 g/mol. The number of benzene rings is 1. The van der Waals surface area contributed by atoms with Crippen LogP contribution in [-0.2, 0) is 0 Å². The summed E-state index contributed by atoms with van der Waals surface area (Å²) in [4.78, 5) is 2.29. The third-order valence-electron chi connectivity index (χ3n) is 2.86. The molecule has 0 amide bonds. The van der Waals surface area contributed by atoms with Crippen LogP contribution in [-0.4, -0.2) is 24.1 Å². The van der Waals surface area contributed by atoms with Crippen LogP contribution < -0.4 is 10.6 Å². The fourth-order valence-corrected chi connectivity index (χ4v) is 2.07. The molecule has 0 atom stereocenters. The highest BCUT2D eigenvalue weighted by atomic mass is 16.4. The van der Waals surface area contributed by atoms with Crippen molar-refractivity contribution in [1.82, 2.24) is 0 Å². The molecule has 18 heavy (non-hydrogen) atoms. The van der Waals surface area contributed by atoms with Crippen molar-refractivity contribution >= 4 is 11.5 Å². The first-order valence-electron chi connectivity index (χ1n) is 6.47. The van der Waals surface area contributed by atoms with Crippen molar-refractivity contribution in [1.29, 1.82) is 0 Å². The molecule has 1 rings (SSSR count). The molecule has 100 valence electrons. The van der Waals surface area contributed by atoms with Crippen LogP contribution in [0, 0.1) is 6.92 Å². The Morgan fingerprint density at radius 2 is 1.89 bits per heavy atom. The fraction of sp³-hybridized carbons (Fsp3) is 0.500. The van der Waals surface area contributed by atoms with Crippen molar-refractivity contribution in [3.8, 4) is 0 Å². The monoisotopic (exact) mass is 249 g/mol. The number of aryl methyl sites for hydroxylation is 1. The Labute approximate surface area is 109 Å². The maximum atomic E-state index is 8.87. The summed E-state index contributed by atoms with van der Waals surface area (Å²) in [6, 6.07) is 5.99. The minimum absolute atomic E-state index is 0.169. The topological polar surface area (TPSA) is 61.8 Å². The molecule has 0 aromatic heterocycles. The van der Waals surface area contributed by atoms with E-state index in [2.05, 4.69) is 36.9 Å².